The largest absolute Gasteiger partial charge is 0.457 e. The van der Waals surface area contributed by atoms with Gasteiger partial charge in [-0.1, -0.05) is 38.5 Å². The summed E-state index contributed by atoms with van der Waals surface area (Å²) >= 11 is 1.47. The summed E-state index contributed by atoms with van der Waals surface area (Å²) in [5.41, 5.74) is 0.794. The molecule has 3 fully saturated rings. The SMILES string of the molecule is O=C1C(=Cc2ccc(-c3ccc([N+](=O)[O-])cc3)o2)SC(=NC2CCCCC2)N1C1CCCCC1. The van der Waals surface area contributed by atoms with Gasteiger partial charge in [0.25, 0.3) is 11.6 Å². The number of thioether (sulfide) groups is 1. The lowest BCUT2D eigenvalue weighted by molar-refractivity contribution is -0.384. The van der Waals surface area contributed by atoms with Gasteiger partial charge in [0.15, 0.2) is 5.17 Å². The number of hydrogen-bond acceptors (Lipinski definition) is 6. The molecule has 1 aliphatic heterocycles. The van der Waals surface area contributed by atoms with Crippen molar-refractivity contribution in [2.75, 3.05) is 0 Å². The van der Waals surface area contributed by atoms with E-state index in [1.165, 1.54) is 49.6 Å². The van der Waals surface area contributed by atoms with E-state index in [-0.39, 0.29) is 17.6 Å². The summed E-state index contributed by atoms with van der Waals surface area (Å²) in [7, 11) is 0. The van der Waals surface area contributed by atoms with Crippen molar-refractivity contribution < 1.29 is 14.1 Å². The maximum atomic E-state index is 13.5. The molecule has 34 heavy (non-hydrogen) atoms. The molecule has 8 heteroatoms. The van der Waals surface area contributed by atoms with Gasteiger partial charge >= 0.3 is 0 Å². The molecule has 2 aliphatic carbocycles. The van der Waals surface area contributed by atoms with Crippen molar-refractivity contribution in [3.05, 3.63) is 57.2 Å². The van der Waals surface area contributed by atoms with Crippen molar-refractivity contribution in [2.24, 2.45) is 4.99 Å². The van der Waals surface area contributed by atoms with Gasteiger partial charge in [-0.25, -0.2) is 0 Å². The molecule has 1 aromatic carbocycles. The maximum Gasteiger partial charge on any atom is 0.269 e. The highest BCUT2D eigenvalue weighted by atomic mass is 32.2. The van der Waals surface area contributed by atoms with E-state index >= 15 is 0 Å². The molecule has 2 aromatic rings. The Bertz CT molecular complexity index is 1110. The fraction of sp³-hybridized carbons (Fsp3) is 0.462. The lowest BCUT2D eigenvalue weighted by atomic mass is 9.94. The number of nitro benzene ring substituents is 1. The molecule has 0 N–H and O–H groups in total. The molecule has 0 radical (unpaired) electrons. The van der Waals surface area contributed by atoms with Crippen molar-refractivity contribution in [1.82, 2.24) is 4.90 Å². The standard InChI is InChI=1S/C26H29N3O4S/c30-25-24(17-22-15-16-23(33-22)18-11-13-21(14-12-18)29(31)32)34-26(27-19-7-3-1-4-8-19)28(25)20-9-5-2-6-10-20/h11-17,19-20H,1-10H2. The van der Waals surface area contributed by atoms with Crippen molar-refractivity contribution in [3.8, 4) is 11.3 Å². The molecule has 178 valence electrons. The van der Waals surface area contributed by atoms with Gasteiger partial charge in [0.1, 0.15) is 11.5 Å². The predicted molar refractivity (Wildman–Crippen MR) is 134 cm³/mol. The Labute approximate surface area is 203 Å². The molecule has 0 spiro atoms. The summed E-state index contributed by atoms with van der Waals surface area (Å²) < 4.78 is 5.98. The quantitative estimate of drug-likeness (QED) is 0.267. The first-order valence-electron chi connectivity index (χ1n) is 12.2. The van der Waals surface area contributed by atoms with Gasteiger partial charge < -0.3 is 4.42 Å². The van der Waals surface area contributed by atoms with Crippen molar-refractivity contribution in [1.29, 1.82) is 0 Å². The normalized spacial score (nSPS) is 22.7. The third-order valence-electron chi connectivity index (χ3n) is 6.91. The van der Waals surface area contributed by atoms with E-state index in [0.717, 1.165) is 49.3 Å². The van der Waals surface area contributed by atoms with E-state index in [1.807, 2.05) is 17.0 Å². The van der Waals surface area contributed by atoms with E-state index < -0.39 is 4.92 Å². The highest BCUT2D eigenvalue weighted by Crippen LogP contribution is 2.39. The second kappa shape index (κ2) is 10.2. The lowest BCUT2D eigenvalue weighted by Crippen LogP contribution is -2.41. The van der Waals surface area contributed by atoms with Crippen LogP contribution >= 0.6 is 11.8 Å². The molecule has 3 aliphatic rings. The summed E-state index contributed by atoms with van der Waals surface area (Å²) in [5.74, 6) is 1.23. The van der Waals surface area contributed by atoms with Crippen molar-refractivity contribution in [3.63, 3.8) is 0 Å². The van der Waals surface area contributed by atoms with Crippen LogP contribution in [0.1, 0.15) is 70.0 Å². The summed E-state index contributed by atoms with van der Waals surface area (Å²) in [6, 6.07) is 10.5. The Hall–Kier alpha value is -2.87. The van der Waals surface area contributed by atoms with Crippen molar-refractivity contribution in [2.45, 2.75) is 76.3 Å². The number of nitrogens with zero attached hydrogens (tertiary/aromatic N) is 3. The number of amidine groups is 1. The zero-order valence-corrected chi connectivity index (χ0v) is 20.0. The Kier molecular flexibility index (Phi) is 6.85. The minimum atomic E-state index is -0.421. The molecule has 2 saturated carbocycles. The zero-order chi connectivity index (χ0) is 23.5. The van der Waals surface area contributed by atoms with Crippen LogP contribution in [0.15, 0.2) is 50.7 Å². The summed E-state index contributed by atoms with van der Waals surface area (Å²) in [4.78, 5) is 31.6. The molecule has 0 bridgehead atoms. The van der Waals surface area contributed by atoms with Crippen LogP contribution in [-0.2, 0) is 4.79 Å². The van der Waals surface area contributed by atoms with Crippen LogP contribution in [0.25, 0.3) is 17.4 Å². The summed E-state index contributed by atoms with van der Waals surface area (Å²) in [6.45, 7) is 0. The molecular formula is C26H29N3O4S. The van der Waals surface area contributed by atoms with Crippen LogP contribution in [0.5, 0.6) is 0 Å². The van der Waals surface area contributed by atoms with Crippen LogP contribution in [0, 0.1) is 10.1 Å². The lowest BCUT2D eigenvalue weighted by Gasteiger charge is -2.31. The number of furan rings is 1. The Morgan fingerprint density at radius 2 is 1.65 bits per heavy atom. The monoisotopic (exact) mass is 479 g/mol. The van der Waals surface area contributed by atoms with Gasteiger partial charge in [-0.3, -0.25) is 24.8 Å². The number of hydrogen-bond donors (Lipinski definition) is 0. The molecule has 1 aromatic heterocycles. The minimum absolute atomic E-state index is 0.0275. The van der Waals surface area contributed by atoms with Gasteiger partial charge in [0.05, 0.1) is 15.9 Å². The second-order valence-electron chi connectivity index (χ2n) is 9.29. The molecule has 0 atom stereocenters. The third kappa shape index (κ3) is 4.97. The molecule has 7 nitrogen and oxygen atoms in total. The van der Waals surface area contributed by atoms with Crippen LogP contribution in [-0.4, -0.2) is 33.0 Å². The van der Waals surface area contributed by atoms with E-state index in [1.54, 1.807) is 18.2 Å². The van der Waals surface area contributed by atoms with Gasteiger partial charge in [0, 0.05) is 29.8 Å². The van der Waals surface area contributed by atoms with Crippen LogP contribution in [0.4, 0.5) is 5.69 Å². The first-order valence-corrected chi connectivity index (χ1v) is 13.1. The van der Waals surface area contributed by atoms with Crippen LogP contribution in [0.2, 0.25) is 0 Å². The number of rotatable bonds is 5. The molecule has 0 unspecified atom stereocenters. The zero-order valence-electron chi connectivity index (χ0n) is 19.2. The smallest absolute Gasteiger partial charge is 0.269 e. The molecule has 2 heterocycles. The number of non-ortho nitro benzene ring substituents is 1. The second-order valence-corrected chi connectivity index (χ2v) is 10.3. The number of aliphatic imine (C=N–C) groups is 1. The molecule has 1 amide bonds. The Balaban J connectivity index is 1.39. The number of carbonyl (C=O) groups is 1. The minimum Gasteiger partial charge on any atom is -0.457 e. The van der Waals surface area contributed by atoms with E-state index in [0.29, 0.717) is 22.5 Å². The van der Waals surface area contributed by atoms with Gasteiger partial charge in [-0.05, 0) is 61.7 Å². The molecule has 1 saturated heterocycles. The van der Waals surface area contributed by atoms with Gasteiger partial charge in [-0.15, -0.1) is 0 Å². The van der Waals surface area contributed by atoms with Crippen LogP contribution < -0.4 is 0 Å². The van der Waals surface area contributed by atoms with E-state index in [2.05, 4.69) is 0 Å². The Morgan fingerprint density at radius 3 is 2.32 bits per heavy atom. The first-order chi connectivity index (χ1) is 16.6. The van der Waals surface area contributed by atoms with Gasteiger partial charge in [0.2, 0.25) is 0 Å². The summed E-state index contributed by atoms with van der Waals surface area (Å²) in [5, 5.41) is 11.8. The number of amides is 1. The average molecular weight is 480 g/mol. The van der Waals surface area contributed by atoms with E-state index in [9.17, 15) is 14.9 Å². The number of benzene rings is 1. The highest BCUT2D eigenvalue weighted by Gasteiger charge is 2.39. The van der Waals surface area contributed by atoms with Crippen molar-refractivity contribution >= 4 is 34.6 Å². The third-order valence-corrected chi connectivity index (χ3v) is 7.90. The fourth-order valence-corrected chi connectivity index (χ4v) is 6.16. The van der Waals surface area contributed by atoms with Gasteiger partial charge in [-0.2, -0.15) is 0 Å². The van der Waals surface area contributed by atoms with Crippen LogP contribution in [0.3, 0.4) is 0 Å². The first kappa shape index (κ1) is 22.9. The molecule has 5 rings (SSSR count). The fourth-order valence-electron chi connectivity index (χ4n) is 5.07. The molecular weight excluding hydrogens is 450 g/mol. The number of carbonyl (C=O) groups excluding carboxylic acids is 1. The van der Waals surface area contributed by atoms with E-state index in [4.69, 9.17) is 9.41 Å². The topological polar surface area (TPSA) is 88.9 Å². The number of nitro groups is 1. The summed E-state index contributed by atoms with van der Waals surface area (Å²) in [6.07, 6.45) is 13.3. The maximum absolute atomic E-state index is 13.5. The average Bonchev–Trinajstić information content (AvgIpc) is 3.45. The highest BCUT2D eigenvalue weighted by molar-refractivity contribution is 8.18. The Morgan fingerprint density at radius 1 is 0.971 bits per heavy atom. The predicted octanol–water partition coefficient (Wildman–Crippen LogP) is 6.79.